The average molecular weight is 163 g/mol. The second-order valence-electron chi connectivity index (χ2n) is 2.66. The molecule has 0 radical (unpaired) electrons. The number of hydrogen-bond donors (Lipinski definition) is 1. The van der Waals surface area contributed by atoms with Gasteiger partial charge in [-0.2, -0.15) is 0 Å². The Morgan fingerprint density at radius 1 is 1.55 bits per heavy atom. The summed E-state index contributed by atoms with van der Waals surface area (Å²) in [6, 6.07) is -0.725. The standard InChI is InChI=1S/C8H15F2N/c1-4-11-7(8(9)10)5-6(2)3/h7-8,11H,2,4-5H2,1,3H3. The summed E-state index contributed by atoms with van der Waals surface area (Å²) < 4.78 is 24.3. The Morgan fingerprint density at radius 2 is 2.09 bits per heavy atom. The highest BCUT2D eigenvalue weighted by Crippen LogP contribution is 2.09. The van der Waals surface area contributed by atoms with Crippen LogP contribution in [0, 0.1) is 0 Å². The van der Waals surface area contributed by atoms with E-state index in [0.29, 0.717) is 13.0 Å². The normalized spacial score (nSPS) is 13.5. The SMILES string of the molecule is C=C(C)CC(NCC)C(F)F. The van der Waals surface area contributed by atoms with Gasteiger partial charge in [-0.15, -0.1) is 6.58 Å². The Labute approximate surface area is 66.5 Å². The van der Waals surface area contributed by atoms with Crippen molar-refractivity contribution in [1.82, 2.24) is 5.32 Å². The van der Waals surface area contributed by atoms with Crippen molar-refractivity contribution in [3.8, 4) is 0 Å². The number of nitrogens with one attached hydrogen (secondary N) is 1. The van der Waals surface area contributed by atoms with Crippen molar-refractivity contribution in [1.29, 1.82) is 0 Å². The van der Waals surface area contributed by atoms with Crippen LogP contribution in [0.3, 0.4) is 0 Å². The van der Waals surface area contributed by atoms with E-state index >= 15 is 0 Å². The van der Waals surface area contributed by atoms with E-state index in [-0.39, 0.29) is 0 Å². The lowest BCUT2D eigenvalue weighted by Gasteiger charge is -2.16. The van der Waals surface area contributed by atoms with E-state index in [1.165, 1.54) is 0 Å². The first-order valence-electron chi connectivity index (χ1n) is 3.73. The lowest BCUT2D eigenvalue weighted by Crippen LogP contribution is -2.35. The molecule has 0 aromatic carbocycles. The van der Waals surface area contributed by atoms with Crippen LogP contribution in [-0.2, 0) is 0 Å². The van der Waals surface area contributed by atoms with Crippen molar-refractivity contribution in [2.45, 2.75) is 32.7 Å². The van der Waals surface area contributed by atoms with E-state index in [9.17, 15) is 8.78 Å². The molecule has 1 atom stereocenters. The highest BCUT2D eigenvalue weighted by atomic mass is 19.3. The molecule has 0 rings (SSSR count). The minimum absolute atomic E-state index is 0.353. The highest BCUT2D eigenvalue weighted by molar-refractivity contribution is 4.93. The molecular formula is C8H15F2N. The number of hydrogen-bond acceptors (Lipinski definition) is 1. The van der Waals surface area contributed by atoms with E-state index in [1.807, 2.05) is 6.92 Å². The van der Waals surface area contributed by atoms with Crippen LogP contribution >= 0.6 is 0 Å². The Morgan fingerprint density at radius 3 is 2.36 bits per heavy atom. The van der Waals surface area contributed by atoms with Crippen molar-refractivity contribution in [3.63, 3.8) is 0 Å². The smallest absolute Gasteiger partial charge is 0.253 e. The Bertz CT molecular complexity index is 123. The summed E-state index contributed by atoms with van der Waals surface area (Å²) in [5.74, 6) is 0. The number of halogens is 2. The molecule has 11 heavy (non-hydrogen) atoms. The van der Waals surface area contributed by atoms with Crippen LogP contribution in [0.4, 0.5) is 8.78 Å². The van der Waals surface area contributed by atoms with Gasteiger partial charge in [0.25, 0.3) is 6.43 Å². The van der Waals surface area contributed by atoms with E-state index in [2.05, 4.69) is 11.9 Å². The molecule has 1 N–H and O–H groups in total. The minimum atomic E-state index is -2.30. The molecule has 0 amide bonds. The van der Waals surface area contributed by atoms with Crippen LogP contribution in [0.15, 0.2) is 12.2 Å². The van der Waals surface area contributed by atoms with Gasteiger partial charge in [-0.3, -0.25) is 0 Å². The maximum atomic E-state index is 12.1. The van der Waals surface area contributed by atoms with Gasteiger partial charge in [0.2, 0.25) is 0 Å². The van der Waals surface area contributed by atoms with Crippen molar-refractivity contribution in [3.05, 3.63) is 12.2 Å². The van der Waals surface area contributed by atoms with Gasteiger partial charge in [0, 0.05) is 0 Å². The summed E-state index contributed by atoms with van der Waals surface area (Å²) in [4.78, 5) is 0. The van der Waals surface area contributed by atoms with Gasteiger partial charge in [-0.25, -0.2) is 8.78 Å². The highest BCUT2D eigenvalue weighted by Gasteiger charge is 2.18. The Balaban J connectivity index is 3.79. The summed E-state index contributed by atoms with van der Waals surface area (Å²) in [7, 11) is 0. The molecule has 0 heterocycles. The fourth-order valence-corrected chi connectivity index (χ4v) is 0.888. The van der Waals surface area contributed by atoms with Gasteiger partial charge >= 0.3 is 0 Å². The van der Waals surface area contributed by atoms with Gasteiger partial charge in [0.1, 0.15) is 0 Å². The summed E-state index contributed by atoms with van der Waals surface area (Å²) in [6.07, 6.45) is -1.95. The molecular weight excluding hydrogens is 148 g/mol. The first-order chi connectivity index (χ1) is 5.07. The summed E-state index contributed by atoms with van der Waals surface area (Å²) in [5.41, 5.74) is 0.788. The summed E-state index contributed by atoms with van der Waals surface area (Å²) >= 11 is 0. The summed E-state index contributed by atoms with van der Waals surface area (Å²) in [6.45, 7) is 7.73. The third-order valence-corrected chi connectivity index (χ3v) is 1.34. The van der Waals surface area contributed by atoms with Crippen molar-refractivity contribution >= 4 is 0 Å². The lowest BCUT2D eigenvalue weighted by molar-refractivity contribution is 0.0991. The predicted molar refractivity (Wildman–Crippen MR) is 42.9 cm³/mol. The van der Waals surface area contributed by atoms with Crippen molar-refractivity contribution < 1.29 is 8.78 Å². The van der Waals surface area contributed by atoms with E-state index in [1.54, 1.807) is 6.92 Å². The second kappa shape index (κ2) is 5.24. The Hall–Kier alpha value is -0.440. The molecule has 1 unspecified atom stereocenters. The molecule has 0 aromatic heterocycles. The minimum Gasteiger partial charge on any atom is -0.309 e. The molecule has 0 spiro atoms. The lowest BCUT2D eigenvalue weighted by atomic mass is 10.1. The van der Waals surface area contributed by atoms with E-state index in [0.717, 1.165) is 5.57 Å². The van der Waals surface area contributed by atoms with Gasteiger partial charge in [0.15, 0.2) is 0 Å². The maximum Gasteiger partial charge on any atom is 0.253 e. The third-order valence-electron chi connectivity index (χ3n) is 1.34. The molecule has 0 aliphatic rings. The molecule has 0 aromatic rings. The topological polar surface area (TPSA) is 12.0 Å². The van der Waals surface area contributed by atoms with Crippen molar-refractivity contribution in [2.75, 3.05) is 6.54 Å². The predicted octanol–water partition coefficient (Wildman–Crippen LogP) is 2.20. The van der Waals surface area contributed by atoms with Gasteiger partial charge in [0.05, 0.1) is 6.04 Å². The fourth-order valence-electron chi connectivity index (χ4n) is 0.888. The van der Waals surface area contributed by atoms with Crippen LogP contribution < -0.4 is 5.32 Å². The molecule has 0 saturated carbocycles. The van der Waals surface area contributed by atoms with Crippen molar-refractivity contribution in [2.24, 2.45) is 0 Å². The monoisotopic (exact) mass is 163 g/mol. The molecule has 0 saturated heterocycles. The zero-order chi connectivity index (χ0) is 8.85. The zero-order valence-electron chi connectivity index (χ0n) is 7.03. The quantitative estimate of drug-likeness (QED) is 0.612. The largest absolute Gasteiger partial charge is 0.309 e. The van der Waals surface area contributed by atoms with Crippen LogP contribution in [0.5, 0.6) is 0 Å². The van der Waals surface area contributed by atoms with Crippen LogP contribution in [-0.4, -0.2) is 19.0 Å². The maximum absolute atomic E-state index is 12.1. The third kappa shape index (κ3) is 4.90. The number of alkyl halides is 2. The molecule has 0 aliphatic heterocycles. The van der Waals surface area contributed by atoms with E-state index < -0.39 is 12.5 Å². The molecule has 0 bridgehead atoms. The molecule has 0 fully saturated rings. The number of rotatable bonds is 5. The first-order valence-corrected chi connectivity index (χ1v) is 3.73. The molecule has 66 valence electrons. The van der Waals surface area contributed by atoms with Crippen LogP contribution in [0.25, 0.3) is 0 Å². The first kappa shape index (κ1) is 10.6. The zero-order valence-corrected chi connectivity index (χ0v) is 7.03. The molecule has 3 heteroatoms. The van der Waals surface area contributed by atoms with Crippen LogP contribution in [0.1, 0.15) is 20.3 Å². The Kier molecular flexibility index (Phi) is 5.03. The van der Waals surface area contributed by atoms with Crippen LogP contribution in [0.2, 0.25) is 0 Å². The average Bonchev–Trinajstić information content (AvgIpc) is 1.86. The van der Waals surface area contributed by atoms with Gasteiger partial charge in [-0.05, 0) is 19.9 Å². The molecule has 1 nitrogen and oxygen atoms in total. The van der Waals surface area contributed by atoms with Gasteiger partial charge < -0.3 is 5.32 Å². The summed E-state index contributed by atoms with van der Waals surface area (Å²) in [5, 5.41) is 2.70. The second-order valence-corrected chi connectivity index (χ2v) is 2.66. The van der Waals surface area contributed by atoms with E-state index in [4.69, 9.17) is 0 Å². The van der Waals surface area contributed by atoms with Gasteiger partial charge in [-0.1, -0.05) is 12.5 Å². The molecule has 0 aliphatic carbocycles. The fraction of sp³-hybridized carbons (Fsp3) is 0.750.